The molecular weight excluding hydrogens is 651 g/mol. The molecule has 0 unspecified atom stereocenters. The van der Waals surface area contributed by atoms with Crippen LogP contribution in [0.1, 0.15) is 17.1 Å². The minimum atomic E-state index is 0.502. The summed E-state index contributed by atoms with van der Waals surface area (Å²) in [7, 11) is 0. The van der Waals surface area contributed by atoms with Gasteiger partial charge in [-0.15, -0.1) is 0 Å². The van der Waals surface area contributed by atoms with Crippen molar-refractivity contribution in [1.82, 2.24) is 19.9 Å². The van der Waals surface area contributed by atoms with Crippen molar-refractivity contribution in [3.8, 4) is 17.2 Å². The molecule has 0 radical (unpaired) electrons. The summed E-state index contributed by atoms with van der Waals surface area (Å²) in [5.41, 5.74) is 4.91. The smallest absolute Gasteiger partial charge is 0.119 e. The molecule has 52 heavy (non-hydrogen) atoms. The molecule has 0 atom stereocenters. The van der Waals surface area contributed by atoms with E-state index in [1.807, 2.05) is 127 Å². The molecule has 3 aromatic carbocycles. The molecule has 3 heterocycles. The van der Waals surface area contributed by atoms with Gasteiger partial charge < -0.3 is 14.2 Å². The van der Waals surface area contributed by atoms with Crippen molar-refractivity contribution >= 4 is 35.7 Å². The summed E-state index contributed by atoms with van der Waals surface area (Å²) in [6, 6.07) is 40.3. The maximum atomic E-state index is 6.10. The highest BCUT2D eigenvalue weighted by atomic mass is 16.5. The first-order valence-electron chi connectivity index (χ1n) is 17.0. The zero-order valence-electron chi connectivity index (χ0n) is 28.7. The molecule has 6 rings (SSSR count). The largest absolute Gasteiger partial charge is 0.492 e. The van der Waals surface area contributed by atoms with E-state index in [0.29, 0.717) is 39.5 Å². The number of hydrogen-bond acceptors (Lipinski definition) is 10. The number of ether oxygens (including phenoxy) is 3. The van der Waals surface area contributed by atoms with Crippen molar-refractivity contribution in [2.45, 2.75) is 0 Å². The first-order valence-corrected chi connectivity index (χ1v) is 17.0. The second-order valence-electron chi connectivity index (χ2n) is 11.4. The number of rotatable bonds is 18. The Bertz CT molecular complexity index is 1750. The third-order valence-corrected chi connectivity index (χ3v) is 7.64. The van der Waals surface area contributed by atoms with Crippen LogP contribution in [0.3, 0.4) is 0 Å². The summed E-state index contributed by atoms with van der Waals surface area (Å²) in [6.07, 6.45) is 10.5. The molecule has 0 aliphatic rings. The Morgan fingerprint density at radius 2 is 0.712 bits per heavy atom. The van der Waals surface area contributed by atoms with Gasteiger partial charge in [0.25, 0.3) is 0 Å². The van der Waals surface area contributed by atoms with Gasteiger partial charge in [0, 0.05) is 38.2 Å². The molecule has 10 heteroatoms. The van der Waals surface area contributed by atoms with Crippen molar-refractivity contribution in [2.75, 3.05) is 39.5 Å². The Labute approximate surface area is 303 Å². The monoisotopic (exact) mass is 689 g/mol. The minimum absolute atomic E-state index is 0.502. The van der Waals surface area contributed by atoms with E-state index in [1.54, 1.807) is 37.2 Å². The van der Waals surface area contributed by atoms with Gasteiger partial charge in [0.2, 0.25) is 0 Å². The predicted molar refractivity (Wildman–Crippen MR) is 207 cm³/mol. The van der Waals surface area contributed by atoms with Gasteiger partial charge in [-0.05, 0) is 109 Å². The van der Waals surface area contributed by atoms with E-state index in [4.69, 9.17) is 14.2 Å². The number of nitrogens with zero attached hydrogens (tertiary/aromatic N) is 7. The average molecular weight is 690 g/mol. The molecule has 0 spiro atoms. The van der Waals surface area contributed by atoms with E-state index in [0.717, 1.165) is 51.4 Å². The molecule has 3 aromatic heterocycles. The van der Waals surface area contributed by atoms with Crippen LogP contribution in [0.25, 0.3) is 0 Å². The highest BCUT2D eigenvalue weighted by molar-refractivity contribution is 5.80. The van der Waals surface area contributed by atoms with E-state index in [1.165, 1.54) is 0 Å². The van der Waals surface area contributed by atoms with Crippen LogP contribution in [0.15, 0.2) is 161 Å². The molecule has 6 aromatic rings. The van der Waals surface area contributed by atoms with Gasteiger partial charge in [0.1, 0.15) is 37.1 Å². The molecular formula is C42H39N7O3. The molecule has 0 saturated carbocycles. The van der Waals surface area contributed by atoms with Gasteiger partial charge in [0.05, 0.1) is 52.8 Å². The zero-order valence-corrected chi connectivity index (χ0v) is 28.7. The summed E-state index contributed by atoms with van der Waals surface area (Å²) in [5.74, 6) is 2.34. The van der Waals surface area contributed by atoms with Gasteiger partial charge in [-0.2, -0.15) is 0 Å². The second kappa shape index (κ2) is 19.6. The van der Waals surface area contributed by atoms with Crippen LogP contribution in [0.4, 0.5) is 17.1 Å². The van der Waals surface area contributed by atoms with Crippen molar-refractivity contribution in [3.05, 3.63) is 163 Å². The van der Waals surface area contributed by atoms with Gasteiger partial charge in [0.15, 0.2) is 0 Å². The van der Waals surface area contributed by atoms with Gasteiger partial charge in [-0.25, -0.2) is 0 Å². The average Bonchev–Trinajstić information content (AvgIpc) is 3.21. The Hall–Kier alpha value is -6.52. The van der Waals surface area contributed by atoms with Crippen molar-refractivity contribution in [3.63, 3.8) is 0 Å². The fourth-order valence-corrected chi connectivity index (χ4v) is 4.88. The minimum Gasteiger partial charge on any atom is -0.492 e. The molecule has 0 saturated heterocycles. The zero-order chi connectivity index (χ0) is 35.5. The Kier molecular flexibility index (Phi) is 13.3. The maximum absolute atomic E-state index is 6.10. The van der Waals surface area contributed by atoms with Crippen LogP contribution >= 0.6 is 0 Å². The molecule has 0 fully saturated rings. The van der Waals surface area contributed by atoms with E-state index in [-0.39, 0.29) is 0 Å². The van der Waals surface area contributed by atoms with E-state index in [2.05, 4.69) is 34.8 Å². The Morgan fingerprint density at radius 3 is 0.981 bits per heavy atom. The van der Waals surface area contributed by atoms with Crippen molar-refractivity contribution in [1.29, 1.82) is 0 Å². The van der Waals surface area contributed by atoms with Crippen LogP contribution in [0, 0.1) is 0 Å². The number of hydrogen-bond donors (Lipinski definition) is 0. The lowest BCUT2D eigenvalue weighted by atomic mass is 10.3. The third kappa shape index (κ3) is 12.1. The summed E-state index contributed by atoms with van der Waals surface area (Å²) in [6.45, 7) is 3.57. The van der Waals surface area contributed by atoms with Crippen LogP contribution < -0.4 is 14.2 Å². The molecule has 260 valence electrons. The summed E-state index contributed by atoms with van der Waals surface area (Å²) in [4.78, 5) is 28.6. The first-order chi connectivity index (χ1) is 25.7. The topological polar surface area (TPSA) is 107 Å². The second-order valence-corrected chi connectivity index (χ2v) is 11.4. The first kappa shape index (κ1) is 35.3. The molecule has 0 bridgehead atoms. The number of benzene rings is 3. The molecule has 0 N–H and O–H groups in total. The number of pyridine rings is 3. The maximum Gasteiger partial charge on any atom is 0.119 e. The molecule has 0 amide bonds. The van der Waals surface area contributed by atoms with Crippen LogP contribution in [-0.2, 0) is 0 Å². The summed E-state index contributed by atoms with van der Waals surface area (Å²) in [5, 5.41) is 0. The third-order valence-electron chi connectivity index (χ3n) is 7.64. The van der Waals surface area contributed by atoms with Crippen LogP contribution in [-0.4, -0.2) is 78.0 Å². The lowest BCUT2D eigenvalue weighted by molar-refractivity contribution is 0.153. The summed E-state index contributed by atoms with van der Waals surface area (Å²) < 4.78 is 18.3. The Balaban J connectivity index is 0.993. The number of aromatic nitrogens is 3. The van der Waals surface area contributed by atoms with Crippen molar-refractivity contribution in [2.24, 2.45) is 15.0 Å². The number of aliphatic imine (C=N–C) groups is 3. The highest BCUT2D eigenvalue weighted by Gasteiger charge is 2.08. The van der Waals surface area contributed by atoms with Gasteiger partial charge in [-0.3, -0.25) is 34.8 Å². The van der Waals surface area contributed by atoms with Crippen LogP contribution in [0.5, 0.6) is 17.2 Å². The lowest BCUT2D eigenvalue weighted by Gasteiger charge is -2.22. The Morgan fingerprint density at radius 1 is 0.404 bits per heavy atom. The molecule has 10 nitrogen and oxygen atoms in total. The van der Waals surface area contributed by atoms with E-state index in [9.17, 15) is 0 Å². The van der Waals surface area contributed by atoms with Gasteiger partial charge >= 0.3 is 0 Å². The van der Waals surface area contributed by atoms with Crippen molar-refractivity contribution < 1.29 is 14.2 Å². The lowest BCUT2D eigenvalue weighted by Crippen LogP contribution is -2.35. The van der Waals surface area contributed by atoms with Crippen LogP contribution in [0.2, 0.25) is 0 Å². The standard InChI is InChI=1S/C42H39N7O3/c1-4-22-43-37(7-1)31-46-34-10-16-40(17-11-34)50-28-25-49(26-29-51-41-18-12-35(13-19-41)47-32-38-8-2-5-23-44-38)27-30-52-42-20-14-36(15-21-42)48-33-39-9-3-6-24-45-39/h1-24,31-33H,25-30H2. The fourth-order valence-electron chi connectivity index (χ4n) is 4.88. The van der Waals surface area contributed by atoms with E-state index < -0.39 is 0 Å². The normalized spacial score (nSPS) is 11.5. The highest BCUT2D eigenvalue weighted by Crippen LogP contribution is 2.20. The summed E-state index contributed by atoms with van der Waals surface area (Å²) >= 11 is 0. The molecule has 0 aliphatic heterocycles. The quantitative estimate of drug-likeness (QED) is 0.0843. The SMILES string of the molecule is C(=Nc1ccc(OCCN(CCOc2ccc(N=Cc3ccccn3)cc2)CCOc2ccc(N=Cc3ccccn3)cc2)cc1)c1ccccn1. The van der Waals surface area contributed by atoms with E-state index >= 15 is 0 Å². The van der Waals surface area contributed by atoms with Gasteiger partial charge in [-0.1, -0.05) is 18.2 Å². The fraction of sp³-hybridized carbons (Fsp3) is 0.143. The molecule has 0 aliphatic carbocycles. The predicted octanol–water partition coefficient (Wildman–Crippen LogP) is 7.96.